The number of nitrogens with one attached hydrogen (secondary N) is 6. The van der Waals surface area contributed by atoms with Crippen LogP contribution in [0.15, 0.2) is 118 Å². The van der Waals surface area contributed by atoms with Gasteiger partial charge in [0.2, 0.25) is 29.4 Å². The SMILES string of the molecule is CC(C)C[C@H](NC(=O)OCC1c2ccccc2-c2ccccc21)C(=O)N[C@H](C#N)C[C@@H]1CCCNC1=O.CC(C)C[C@H](NC(=O)c1cc2ccccc2o1)C(=O)N[C@H](C#N)C[C@@H]1CCCNC1=O.O=C(O)c1cc2ccccc2o1. The smallest absolute Gasteiger partial charge is 0.407 e. The third kappa shape index (κ3) is 15.8. The number of aromatic carboxylic acids is 1. The van der Waals surface area contributed by atoms with Crippen LogP contribution in [-0.2, 0) is 23.9 Å². The molecule has 4 heterocycles. The van der Waals surface area contributed by atoms with Crippen molar-refractivity contribution in [1.82, 2.24) is 31.9 Å². The molecule has 4 aromatic carbocycles. The highest BCUT2D eigenvalue weighted by Gasteiger charge is 2.33. The fourth-order valence-corrected chi connectivity index (χ4v) is 10.1. The maximum absolute atomic E-state index is 13.1. The van der Waals surface area contributed by atoms with E-state index in [-0.39, 0.29) is 72.4 Å². The number of alkyl carbamates (subject to hydrolysis) is 1. The standard InChI is InChI=1S/C29H34N4O4.C23H28N4O4.C9H6O3/c1-18(2)14-26(28(35)32-20(16-30)15-19-8-7-13-31-27(19)34)33-29(36)37-17-25-23-11-5-3-9-21(23)22-10-4-6-12-24(22)25;1-14(2)10-18(27-23(30)20-12-15-6-3-4-8-19(15)31-20)22(29)26-17(13-24)11-16-7-5-9-25-21(16)28;10-9(11)8-5-6-3-1-2-4-7(6)12-8/h3-6,9-12,18-20,25-26H,7-8,13-15,17H2,1-2H3,(H,31,34)(H,32,35)(H,33,36);3-4,6,8,12,14,16-18H,5,7,9-11H2,1-2H3,(H,25,28)(H,26,29)(H,27,30);1-5H,(H,10,11)/t19-,20-,26-;16-,17-,18-;/m00./s1. The zero-order valence-corrected chi connectivity index (χ0v) is 45.3. The van der Waals surface area contributed by atoms with Crippen LogP contribution in [0.5, 0.6) is 0 Å². The summed E-state index contributed by atoms with van der Waals surface area (Å²) in [6.45, 7) is 9.22. The second kappa shape index (κ2) is 28.1. The van der Waals surface area contributed by atoms with Gasteiger partial charge in [0.25, 0.3) is 5.91 Å². The van der Waals surface area contributed by atoms with Crippen LogP contribution >= 0.6 is 0 Å². The molecule has 6 aromatic rings. The number of hydrogen-bond acceptors (Lipinski definition) is 12. The molecule has 6 amide bonds. The number of carboxylic acids is 1. The van der Waals surface area contributed by atoms with Crippen molar-refractivity contribution in [2.24, 2.45) is 23.7 Å². The molecule has 19 heteroatoms. The molecule has 19 nitrogen and oxygen atoms in total. The molecule has 80 heavy (non-hydrogen) atoms. The minimum Gasteiger partial charge on any atom is -0.475 e. The average molecular weight is 1090 g/mol. The van der Waals surface area contributed by atoms with E-state index in [4.69, 9.17) is 18.7 Å². The minimum atomic E-state index is -1.04. The van der Waals surface area contributed by atoms with Gasteiger partial charge >= 0.3 is 12.1 Å². The fourth-order valence-electron chi connectivity index (χ4n) is 10.1. The molecule has 6 atom stereocenters. The monoisotopic (exact) mass is 1090 g/mol. The summed E-state index contributed by atoms with van der Waals surface area (Å²) in [5.41, 5.74) is 5.69. The van der Waals surface area contributed by atoms with E-state index >= 15 is 0 Å². The number of benzene rings is 4. The summed E-state index contributed by atoms with van der Waals surface area (Å²) in [7, 11) is 0. The van der Waals surface area contributed by atoms with Gasteiger partial charge in [-0.2, -0.15) is 10.5 Å². The summed E-state index contributed by atoms with van der Waals surface area (Å²) in [6, 6.07) is 34.6. The molecule has 0 radical (unpaired) electrons. The minimum absolute atomic E-state index is 0.0174. The summed E-state index contributed by atoms with van der Waals surface area (Å²) in [6.07, 6.45) is 3.69. The lowest BCUT2D eigenvalue weighted by molar-refractivity contribution is -0.128. The number of piperidine rings is 2. The number of fused-ring (bicyclic) bond motifs is 5. The number of nitriles is 2. The lowest BCUT2D eigenvalue weighted by Crippen LogP contribution is -2.51. The molecule has 418 valence electrons. The summed E-state index contributed by atoms with van der Waals surface area (Å²) in [5.74, 6) is -2.92. The Morgan fingerprint density at radius 1 is 0.625 bits per heavy atom. The first-order valence-corrected chi connectivity index (χ1v) is 27.1. The van der Waals surface area contributed by atoms with Crippen LogP contribution < -0.4 is 31.9 Å². The highest BCUT2D eigenvalue weighted by atomic mass is 16.5. The van der Waals surface area contributed by atoms with E-state index in [0.717, 1.165) is 45.9 Å². The van der Waals surface area contributed by atoms with E-state index < -0.39 is 54.0 Å². The lowest BCUT2D eigenvalue weighted by atomic mass is 9.91. The van der Waals surface area contributed by atoms with Crippen molar-refractivity contribution < 1.29 is 52.2 Å². The lowest BCUT2D eigenvalue weighted by Gasteiger charge is -2.25. The van der Waals surface area contributed by atoms with Crippen molar-refractivity contribution >= 4 is 63.5 Å². The van der Waals surface area contributed by atoms with Crippen LogP contribution in [0.25, 0.3) is 33.1 Å². The molecule has 0 unspecified atom stereocenters. The van der Waals surface area contributed by atoms with Crippen LogP contribution in [-0.4, -0.2) is 90.6 Å². The van der Waals surface area contributed by atoms with Gasteiger partial charge in [0.1, 0.15) is 41.9 Å². The van der Waals surface area contributed by atoms with Gasteiger partial charge in [0.05, 0.1) is 12.1 Å². The van der Waals surface area contributed by atoms with Gasteiger partial charge in [0.15, 0.2) is 5.76 Å². The quantitative estimate of drug-likeness (QED) is 0.0425. The number of carbonyl (C=O) groups excluding carboxylic acids is 6. The molecule has 2 aromatic heterocycles. The fraction of sp³-hybridized carbons (Fsp3) is 0.393. The first-order valence-electron chi connectivity index (χ1n) is 27.1. The first-order chi connectivity index (χ1) is 38.5. The Balaban J connectivity index is 0.000000193. The number of furan rings is 2. The third-order valence-electron chi connectivity index (χ3n) is 14.1. The molecular weight excluding hydrogens is 1020 g/mol. The maximum atomic E-state index is 13.1. The number of nitrogens with zero attached hydrogens (tertiary/aromatic N) is 2. The molecular formula is C61H68N8O11. The predicted molar refractivity (Wildman–Crippen MR) is 297 cm³/mol. The Morgan fingerprint density at radius 2 is 1.06 bits per heavy atom. The number of carbonyl (C=O) groups is 7. The summed E-state index contributed by atoms with van der Waals surface area (Å²) in [5, 5.41) is 45.7. The molecule has 2 aliphatic heterocycles. The number of ether oxygens (including phenoxy) is 1. The summed E-state index contributed by atoms with van der Waals surface area (Å²) >= 11 is 0. The second-order valence-electron chi connectivity index (χ2n) is 21.0. The van der Waals surface area contributed by atoms with Gasteiger partial charge in [-0.3, -0.25) is 24.0 Å². The molecule has 0 saturated carbocycles. The van der Waals surface area contributed by atoms with E-state index in [0.29, 0.717) is 49.9 Å². The van der Waals surface area contributed by atoms with E-state index in [9.17, 15) is 44.1 Å². The third-order valence-corrected chi connectivity index (χ3v) is 14.1. The van der Waals surface area contributed by atoms with Crippen LogP contribution in [0, 0.1) is 46.3 Å². The van der Waals surface area contributed by atoms with E-state index in [2.05, 4.69) is 56.2 Å². The van der Waals surface area contributed by atoms with Gasteiger partial charge in [-0.05, 0) is 110 Å². The van der Waals surface area contributed by atoms with Crippen molar-refractivity contribution in [2.75, 3.05) is 19.7 Å². The molecule has 0 spiro atoms. The number of rotatable bonds is 18. The van der Waals surface area contributed by atoms with E-state index in [1.807, 2.05) is 94.4 Å². The van der Waals surface area contributed by atoms with Gasteiger partial charge in [-0.25, -0.2) is 9.59 Å². The molecule has 9 rings (SSSR count). The van der Waals surface area contributed by atoms with E-state index in [1.54, 1.807) is 24.3 Å². The van der Waals surface area contributed by atoms with E-state index in [1.165, 1.54) is 6.07 Å². The Labute approximate surface area is 464 Å². The average Bonchev–Trinajstić information content (AvgIpc) is 4.24. The van der Waals surface area contributed by atoms with Crippen molar-refractivity contribution in [3.8, 4) is 23.3 Å². The highest BCUT2D eigenvalue weighted by Crippen LogP contribution is 2.44. The maximum Gasteiger partial charge on any atom is 0.407 e. The van der Waals surface area contributed by atoms with Crippen molar-refractivity contribution in [3.63, 3.8) is 0 Å². The zero-order chi connectivity index (χ0) is 57.3. The number of amides is 6. The largest absolute Gasteiger partial charge is 0.475 e. The first kappa shape index (κ1) is 58.7. The van der Waals surface area contributed by atoms with Crippen molar-refractivity contribution in [3.05, 3.63) is 132 Å². The number of para-hydroxylation sites is 2. The number of carboxylic acid groups (broad SMARTS) is 1. The topological polar surface area (TPSA) is 295 Å². The molecule has 0 bridgehead atoms. The second-order valence-corrected chi connectivity index (χ2v) is 21.0. The predicted octanol–water partition coefficient (Wildman–Crippen LogP) is 8.50. The molecule has 2 saturated heterocycles. The molecule has 7 N–H and O–H groups in total. The van der Waals surface area contributed by atoms with Crippen molar-refractivity contribution in [1.29, 1.82) is 10.5 Å². The Hall–Kier alpha value is -8.97. The van der Waals surface area contributed by atoms with Crippen LogP contribution in [0.4, 0.5) is 4.79 Å². The number of hydrogen-bond donors (Lipinski definition) is 7. The van der Waals surface area contributed by atoms with Crippen LogP contribution in [0.1, 0.15) is 117 Å². The Kier molecular flexibility index (Phi) is 20.6. The normalized spacial score (nSPS) is 16.9. The summed E-state index contributed by atoms with van der Waals surface area (Å²) in [4.78, 5) is 86.0. The van der Waals surface area contributed by atoms with Gasteiger partial charge < -0.3 is 50.6 Å². The van der Waals surface area contributed by atoms with Gasteiger partial charge in [-0.1, -0.05) is 113 Å². The highest BCUT2D eigenvalue weighted by molar-refractivity contribution is 5.99. The molecule has 1 aliphatic carbocycles. The van der Waals surface area contributed by atoms with Gasteiger partial charge in [0, 0.05) is 41.6 Å². The Bertz CT molecular complexity index is 3150. The zero-order valence-electron chi connectivity index (χ0n) is 45.3. The van der Waals surface area contributed by atoms with Crippen LogP contribution in [0.2, 0.25) is 0 Å². The summed E-state index contributed by atoms with van der Waals surface area (Å²) < 4.78 is 16.2. The van der Waals surface area contributed by atoms with Crippen LogP contribution in [0.3, 0.4) is 0 Å². The Morgan fingerprint density at radius 3 is 1.51 bits per heavy atom. The van der Waals surface area contributed by atoms with Gasteiger partial charge in [-0.15, -0.1) is 0 Å². The molecule has 3 aliphatic rings. The van der Waals surface area contributed by atoms with Crippen molar-refractivity contribution in [2.45, 2.75) is 109 Å². The molecule has 2 fully saturated rings.